The van der Waals surface area contributed by atoms with Crippen LogP contribution in [0, 0.1) is 4.77 Å². The highest BCUT2D eigenvalue weighted by atomic mass is 32.1. The van der Waals surface area contributed by atoms with Crippen LogP contribution in [0.5, 0.6) is 5.75 Å². The Labute approximate surface area is 196 Å². The van der Waals surface area contributed by atoms with Crippen molar-refractivity contribution in [3.05, 3.63) is 76.9 Å². The van der Waals surface area contributed by atoms with Gasteiger partial charge in [-0.05, 0) is 60.1 Å². The number of ether oxygens (including phenoxy) is 1. The number of aromatic nitrogens is 3. The van der Waals surface area contributed by atoms with Gasteiger partial charge in [-0.25, -0.2) is 4.68 Å². The molecule has 0 spiro atoms. The SMILES string of the molecule is COc1ccc(N2CCN(Cn3nc(-c4cccs4)n(-c4ccccc4)c3=S)CC2)cc1. The molecular formula is C24H25N5OS2. The van der Waals surface area contributed by atoms with Crippen molar-refractivity contribution >= 4 is 29.2 Å². The van der Waals surface area contributed by atoms with Crippen LogP contribution in [0.2, 0.25) is 0 Å². The summed E-state index contributed by atoms with van der Waals surface area (Å²) in [7, 11) is 1.70. The molecule has 0 saturated carbocycles. The summed E-state index contributed by atoms with van der Waals surface area (Å²) in [6.45, 7) is 4.54. The molecule has 0 amide bonds. The average Bonchev–Trinajstić information content (AvgIpc) is 3.49. The number of anilines is 1. The number of nitrogens with zero attached hydrogens (tertiary/aromatic N) is 5. The minimum absolute atomic E-state index is 0.688. The first-order valence-electron chi connectivity index (χ1n) is 10.6. The molecule has 1 saturated heterocycles. The molecule has 32 heavy (non-hydrogen) atoms. The summed E-state index contributed by atoms with van der Waals surface area (Å²) in [6.07, 6.45) is 0. The van der Waals surface area contributed by atoms with E-state index in [0.717, 1.165) is 53.1 Å². The molecule has 2 aromatic heterocycles. The van der Waals surface area contributed by atoms with Crippen molar-refractivity contribution in [1.82, 2.24) is 19.2 Å². The molecule has 4 aromatic rings. The van der Waals surface area contributed by atoms with Gasteiger partial charge in [0, 0.05) is 37.6 Å². The maximum atomic E-state index is 5.88. The average molecular weight is 464 g/mol. The first kappa shape index (κ1) is 20.9. The van der Waals surface area contributed by atoms with Crippen molar-refractivity contribution in [2.45, 2.75) is 6.67 Å². The molecule has 0 N–H and O–H groups in total. The molecule has 1 aliphatic rings. The lowest BCUT2D eigenvalue weighted by Gasteiger charge is -2.35. The number of thiophene rings is 1. The minimum Gasteiger partial charge on any atom is -0.497 e. The lowest BCUT2D eigenvalue weighted by molar-refractivity contribution is 0.194. The van der Waals surface area contributed by atoms with E-state index in [-0.39, 0.29) is 0 Å². The van der Waals surface area contributed by atoms with Crippen molar-refractivity contribution < 1.29 is 4.74 Å². The topological polar surface area (TPSA) is 38.5 Å². The van der Waals surface area contributed by atoms with Gasteiger partial charge in [0.05, 0.1) is 18.7 Å². The Hall–Kier alpha value is -2.94. The Kier molecular flexibility index (Phi) is 6.07. The van der Waals surface area contributed by atoms with Crippen LogP contribution in [-0.4, -0.2) is 52.5 Å². The highest BCUT2D eigenvalue weighted by molar-refractivity contribution is 7.71. The first-order chi connectivity index (χ1) is 15.7. The molecule has 164 valence electrons. The second kappa shape index (κ2) is 9.28. The summed E-state index contributed by atoms with van der Waals surface area (Å²) in [5.41, 5.74) is 2.27. The summed E-state index contributed by atoms with van der Waals surface area (Å²) in [5, 5.41) is 7.01. The fraction of sp³-hybridized carbons (Fsp3) is 0.250. The van der Waals surface area contributed by atoms with E-state index in [9.17, 15) is 0 Å². The van der Waals surface area contributed by atoms with E-state index in [1.54, 1.807) is 18.4 Å². The molecule has 0 radical (unpaired) electrons. The zero-order valence-corrected chi connectivity index (χ0v) is 19.6. The van der Waals surface area contributed by atoms with Crippen molar-refractivity contribution in [3.8, 4) is 22.1 Å². The van der Waals surface area contributed by atoms with E-state index in [4.69, 9.17) is 22.1 Å². The van der Waals surface area contributed by atoms with E-state index in [0.29, 0.717) is 6.67 Å². The quantitative estimate of drug-likeness (QED) is 0.380. The molecule has 2 aromatic carbocycles. The van der Waals surface area contributed by atoms with Crippen LogP contribution in [-0.2, 0) is 6.67 Å². The number of hydrogen-bond donors (Lipinski definition) is 0. The number of benzene rings is 2. The number of piperazine rings is 1. The fourth-order valence-corrected chi connectivity index (χ4v) is 4.99. The third-order valence-electron chi connectivity index (χ3n) is 5.74. The van der Waals surface area contributed by atoms with Gasteiger partial charge in [-0.2, -0.15) is 0 Å². The van der Waals surface area contributed by atoms with Gasteiger partial charge >= 0.3 is 0 Å². The van der Waals surface area contributed by atoms with Crippen molar-refractivity contribution in [2.24, 2.45) is 0 Å². The standard InChI is InChI=1S/C24H25N5OS2/c1-30-21-11-9-19(10-12-21)27-15-13-26(14-16-27)18-28-24(31)29(20-6-3-2-4-7-20)23(25-28)22-8-5-17-32-22/h2-12,17H,13-16,18H2,1H3. The predicted octanol–water partition coefficient (Wildman–Crippen LogP) is 4.92. The molecule has 3 heterocycles. The van der Waals surface area contributed by atoms with E-state index in [1.807, 2.05) is 35.0 Å². The molecule has 1 aliphatic heterocycles. The molecular weight excluding hydrogens is 438 g/mol. The molecule has 0 unspecified atom stereocenters. The minimum atomic E-state index is 0.688. The van der Waals surface area contributed by atoms with Gasteiger partial charge in [-0.15, -0.1) is 16.4 Å². The lowest BCUT2D eigenvalue weighted by atomic mass is 10.2. The van der Waals surface area contributed by atoms with Crippen LogP contribution in [0.1, 0.15) is 0 Å². The number of hydrogen-bond acceptors (Lipinski definition) is 6. The molecule has 0 atom stereocenters. The van der Waals surface area contributed by atoms with E-state index in [2.05, 4.69) is 56.1 Å². The summed E-state index contributed by atoms with van der Waals surface area (Å²) >= 11 is 7.56. The second-order valence-corrected chi connectivity index (χ2v) is 9.01. The summed E-state index contributed by atoms with van der Waals surface area (Å²) in [6, 6.07) is 22.7. The number of para-hydroxylation sites is 1. The number of rotatable bonds is 6. The highest BCUT2D eigenvalue weighted by Gasteiger charge is 2.20. The molecule has 8 heteroatoms. The van der Waals surface area contributed by atoms with E-state index in [1.165, 1.54) is 5.69 Å². The third kappa shape index (κ3) is 4.21. The Morgan fingerprint density at radius 2 is 1.66 bits per heavy atom. The number of methoxy groups -OCH3 is 1. The first-order valence-corrected chi connectivity index (χ1v) is 11.9. The molecule has 5 rings (SSSR count). The van der Waals surface area contributed by atoms with Gasteiger partial charge in [0.25, 0.3) is 0 Å². The highest BCUT2D eigenvalue weighted by Crippen LogP contribution is 2.27. The molecule has 1 fully saturated rings. The summed E-state index contributed by atoms with van der Waals surface area (Å²) in [4.78, 5) is 5.94. The smallest absolute Gasteiger partial charge is 0.204 e. The van der Waals surface area contributed by atoms with Crippen LogP contribution in [0.4, 0.5) is 5.69 Å². The normalized spacial score (nSPS) is 14.6. The maximum absolute atomic E-state index is 5.88. The Morgan fingerprint density at radius 3 is 2.31 bits per heavy atom. The Balaban J connectivity index is 1.34. The summed E-state index contributed by atoms with van der Waals surface area (Å²) < 4.78 is 10.0. The van der Waals surface area contributed by atoms with Gasteiger partial charge in [-0.3, -0.25) is 9.47 Å². The van der Waals surface area contributed by atoms with Gasteiger partial charge in [0.2, 0.25) is 4.77 Å². The fourth-order valence-electron chi connectivity index (χ4n) is 4.01. The van der Waals surface area contributed by atoms with Crippen molar-refractivity contribution in [1.29, 1.82) is 0 Å². The van der Waals surface area contributed by atoms with Crippen molar-refractivity contribution in [3.63, 3.8) is 0 Å². The predicted molar refractivity (Wildman–Crippen MR) is 132 cm³/mol. The zero-order valence-electron chi connectivity index (χ0n) is 17.9. The van der Waals surface area contributed by atoms with Crippen LogP contribution >= 0.6 is 23.6 Å². The van der Waals surface area contributed by atoms with Gasteiger partial charge < -0.3 is 9.64 Å². The molecule has 0 bridgehead atoms. The molecule has 0 aliphatic carbocycles. The second-order valence-electron chi connectivity index (χ2n) is 7.70. The monoisotopic (exact) mass is 463 g/mol. The van der Waals surface area contributed by atoms with Gasteiger partial charge in [0.1, 0.15) is 5.75 Å². The van der Waals surface area contributed by atoms with Crippen LogP contribution in [0.25, 0.3) is 16.4 Å². The molecule has 6 nitrogen and oxygen atoms in total. The largest absolute Gasteiger partial charge is 0.497 e. The zero-order chi connectivity index (χ0) is 21.9. The third-order valence-corrected chi connectivity index (χ3v) is 7.00. The van der Waals surface area contributed by atoms with Crippen molar-refractivity contribution in [2.75, 3.05) is 38.2 Å². The lowest BCUT2D eigenvalue weighted by Crippen LogP contribution is -2.47. The summed E-state index contributed by atoms with van der Waals surface area (Å²) in [5.74, 6) is 1.78. The Morgan fingerprint density at radius 1 is 0.906 bits per heavy atom. The van der Waals surface area contributed by atoms with Gasteiger partial charge in [0.15, 0.2) is 5.82 Å². The van der Waals surface area contributed by atoms with Gasteiger partial charge in [-0.1, -0.05) is 24.3 Å². The maximum Gasteiger partial charge on any atom is 0.204 e. The van der Waals surface area contributed by atoms with E-state index < -0.39 is 0 Å². The van der Waals surface area contributed by atoms with Crippen LogP contribution in [0.15, 0.2) is 72.1 Å². The van der Waals surface area contributed by atoms with E-state index >= 15 is 0 Å². The van der Waals surface area contributed by atoms with Crippen LogP contribution in [0.3, 0.4) is 0 Å². The Bertz CT molecular complexity index is 1210. The van der Waals surface area contributed by atoms with Crippen LogP contribution < -0.4 is 9.64 Å².